The molecule has 4 nitrogen and oxygen atoms in total. The quantitative estimate of drug-likeness (QED) is 0.753. The fraction of sp³-hybridized carbons (Fsp3) is 0.600. The molecule has 0 saturated heterocycles. The van der Waals surface area contributed by atoms with Crippen molar-refractivity contribution in [1.29, 1.82) is 0 Å². The molecule has 2 N–H and O–H groups in total. The van der Waals surface area contributed by atoms with Gasteiger partial charge in [-0.15, -0.1) is 0 Å². The van der Waals surface area contributed by atoms with Crippen molar-refractivity contribution in [3.05, 3.63) is 29.6 Å². The minimum atomic E-state index is 0.0506. The molecular weight excluding hydrogens is 238 g/mol. The summed E-state index contributed by atoms with van der Waals surface area (Å²) in [4.78, 5) is 15.9. The van der Waals surface area contributed by atoms with Gasteiger partial charge in [-0.1, -0.05) is 26.8 Å². The largest absolute Gasteiger partial charge is 0.355 e. The Balaban J connectivity index is 2.24. The van der Waals surface area contributed by atoms with Gasteiger partial charge in [0.2, 0.25) is 5.91 Å². The number of nitrogens with one attached hydrogen (secondary N) is 2. The first-order chi connectivity index (χ1) is 9.13. The Morgan fingerprint density at radius 1 is 1.42 bits per heavy atom. The number of rotatable bonds is 8. The standard InChI is InChI=1S/C15H25N3O/c1-4-13-6-5-8-17-14(13)10-16-11-15(19)18-9-7-12(2)3/h5-6,8,12,16H,4,7,9-11H2,1-3H3,(H,18,19). The minimum Gasteiger partial charge on any atom is -0.355 e. The van der Waals surface area contributed by atoms with Gasteiger partial charge >= 0.3 is 0 Å². The highest BCUT2D eigenvalue weighted by Gasteiger charge is 2.04. The molecule has 0 saturated carbocycles. The van der Waals surface area contributed by atoms with E-state index in [1.54, 1.807) is 6.20 Å². The fourth-order valence-corrected chi connectivity index (χ4v) is 1.81. The number of pyridine rings is 1. The van der Waals surface area contributed by atoms with Crippen molar-refractivity contribution in [2.75, 3.05) is 13.1 Å². The van der Waals surface area contributed by atoms with E-state index in [-0.39, 0.29) is 5.91 Å². The van der Waals surface area contributed by atoms with Crippen LogP contribution in [0.15, 0.2) is 18.3 Å². The van der Waals surface area contributed by atoms with Gasteiger partial charge in [0.05, 0.1) is 12.2 Å². The highest BCUT2D eigenvalue weighted by molar-refractivity contribution is 5.77. The van der Waals surface area contributed by atoms with E-state index in [1.807, 2.05) is 6.07 Å². The van der Waals surface area contributed by atoms with Crippen LogP contribution < -0.4 is 10.6 Å². The Morgan fingerprint density at radius 3 is 2.89 bits per heavy atom. The number of aromatic nitrogens is 1. The van der Waals surface area contributed by atoms with Crippen LogP contribution in [0, 0.1) is 5.92 Å². The van der Waals surface area contributed by atoms with Crippen molar-refractivity contribution in [3.8, 4) is 0 Å². The minimum absolute atomic E-state index is 0.0506. The van der Waals surface area contributed by atoms with Crippen molar-refractivity contribution in [1.82, 2.24) is 15.6 Å². The number of aryl methyl sites for hydroxylation is 1. The molecular formula is C15H25N3O. The zero-order chi connectivity index (χ0) is 14.1. The van der Waals surface area contributed by atoms with Crippen LogP contribution in [0.25, 0.3) is 0 Å². The van der Waals surface area contributed by atoms with Crippen LogP contribution in [0.4, 0.5) is 0 Å². The second-order valence-electron chi connectivity index (χ2n) is 5.10. The van der Waals surface area contributed by atoms with Gasteiger partial charge < -0.3 is 10.6 Å². The van der Waals surface area contributed by atoms with Crippen molar-refractivity contribution in [2.24, 2.45) is 5.92 Å². The topological polar surface area (TPSA) is 54.0 Å². The molecule has 19 heavy (non-hydrogen) atoms. The van der Waals surface area contributed by atoms with Gasteiger partial charge in [-0.3, -0.25) is 9.78 Å². The molecule has 0 unspecified atom stereocenters. The van der Waals surface area contributed by atoms with Gasteiger partial charge in [0.25, 0.3) is 0 Å². The maximum atomic E-state index is 11.6. The first-order valence-corrected chi connectivity index (χ1v) is 7.03. The molecule has 0 aliphatic carbocycles. The van der Waals surface area contributed by atoms with Crippen LogP contribution in [-0.4, -0.2) is 24.0 Å². The third-order valence-corrected chi connectivity index (χ3v) is 2.99. The van der Waals surface area contributed by atoms with E-state index < -0.39 is 0 Å². The molecule has 0 aliphatic rings. The molecule has 0 spiro atoms. The second kappa shape index (κ2) is 8.64. The summed E-state index contributed by atoms with van der Waals surface area (Å²) in [5.74, 6) is 0.670. The maximum absolute atomic E-state index is 11.6. The summed E-state index contributed by atoms with van der Waals surface area (Å²) < 4.78 is 0. The van der Waals surface area contributed by atoms with Crippen molar-refractivity contribution in [2.45, 2.75) is 40.2 Å². The predicted molar refractivity (Wildman–Crippen MR) is 77.8 cm³/mol. The van der Waals surface area contributed by atoms with Gasteiger partial charge in [-0.2, -0.15) is 0 Å². The average Bonchev–Trinajstić information content (AvgIpc) is 2.39. The van der Waals surface area contributed by atoms with Crippen LogP contribution >= 0.6 is 0 Å². The second-order valence-corrected chi connectivity index (χ2v) is 5.10. The number of nitrogens with zero attached hydrogens (tertiary/aromatic N) is 1. The smallest absolute Gasteiger partial charge is 0.233 e. The van der Waals surface area contributed by atoms with Gasteiger partial charge in [0.15, 0.2) is 0 Å². The summed E-state index contributed by atoms with van der Waals surface area (Å²) in [6.45, 7) is 8.15. The van der Waals surface area contributed by atoms with Crippen molar-refractivity contribution < 1.29 is 4.79 Å². The molecule has 106 valence electrons. The lowest BCUT2D eigenvalue weighted by Crippen LogP contribution is -2.34. The maximum Gasteiger partial charge on any atom is 0.233 e. The zero-order valence-corrected chi connectivity index (χ0v) is 12.2. The SMILES string of the molecule is CCc1cccnc1CNCC(=O)NCCC(C)C. The van der Waals surface area contributed by atoms with Gasteiger partial charge in [0, 0.05) is 19.3 Å². The Morgan fingerprint density at radius 2 is 2.21 bits per heavy atom. The lowest BCUT2D eigenvalue weighted by atomic mass is 10.1. The van der Waals surface area contributed by atoms with E-state index in [9.17, 15) is 4.79 Å². The van der Waals surface area contributed by atoms with Gasteiger partial charge in [-0.05, 0) is 30.4 Å². The zero-order valence-electron chi connectivity index (χ0n) is 12.2. The Kier molecular flexibility index (Phi) is 7.11. The van der Waals surface area contributed by atoms with Gasteiger partial charge in [-0.25, -0.2) is 0 Å². The molecule has 0 fully saturated rings. The van der Waals surface area contributed by atoms with E-state index in [1.165, 1.54) is 5.56 Å². The third-order valence-electron chi connectivity index (χ3n) is 2.99. The average molecular weight is 263 g/mol. The van der Waals surface area contributed by atoms with Crippen LogP contribution in [0.1, 0.15) is 38.4 Å². The molecule has 0 radical (unpaired) electrons. The normalized spacial score (nSPS) is 10.7. The van der Waals surface area contributed by atoms with Crippen LogP contribution in [0.2, 0.25) is 0 Å². The number of amides is 1. The van der Waals surface area contributed by atoms with Crippen LogP contribution in [-0.2, 0) is 17.8 Å². The monoisotopic (exact) mass is 263 g/mol. The number of hydrogen-bond donors (Lipinski definition) is 2. The van der Waals surface area contributed by atoms with Crippen molar-refractivity contribution >= 4 is 5.91 Å². The highest BCUT2D eigenvalue weighted by atomic mass is 16.1. The molecule has 1 amide bonds. The molecule has 1 aromatic rings. The summed E-state index contributed by atoms with van der Waals surface area (Å²) in [7, 11) is 0. The van der Waals surface area contributed by atoms with E-state index >= 15 is 0 Å². The van der Waals surface area contributed by atoms with E-state index in [4.69, 9.17) is 0 Å². The molecule has 0 bridgehead atoms. The molecule has 0 aromatic carbocycles. The number of hydrogen-bond acceptors (Lipinski definition) is 3. The summed E-state index contributed by atoms with van der Waals surface area (Å²) in [6.07, 6.45) is 3.77. The Bertz CT molecular complexity index is 391. The molecule has 1 heterocycles. The fourth-order valence-electron chi connectivity index (χ4n) is 1.81. The molecule has 4 heteroatoms. The molecule has 1 aromatic heterocycles. The van der Waals surface area contributed by atoms with Crippen molar-refractivity contribution in [3.63, 3.8) is 0 Å². The highest BCUT2D eigenvalue weighted by Crippen LogP contribution is 2.05. The summed E-state index contributed by atoms with van der Waals surface area (Å²) in [6, 6.07) is 4.02. The predicted octanol–water partition coefficient (Wildman–Crippen LogP) is 1.90. The summed E-state index contributed by atoms with van der Waals surface area (Å²) in [5, 5.41) is 6.05. The summed E-state index contributed by atoms with van der Waals surface area (Å²) in [5.41, 5.74) is 2.26. The number of carbonyl (C=O) groups excluding carboxylic acids is 1. The van der Waals surface area contributed by atoms with Gasteiger partial charge in [0.1, 0.15) is 0 Å². The van der Waals surface area contributed by atoms with E-state index in [0.717, 1.165) is 25.1 Å². The van der Waals surface area contributed by atoms with Crippen LogP contribution in [0.3, 0.4) is 0 Å². The number of carbonyl (C=O) groups is 1. The van der Waals surface area contributed by atoms with Crippen LogP contribution in [0.5, 0.6) is 0 Å². The molecule has 0 aliphatic heterocycles. The molecule has 0 atom stereocenters. The van der Waals surface area contributed by atoms with E-state index in [2.05, 4.69) is 42.5 Å². The Hall–Kier alpha value is -1.42. The Labute approximate surface area is 116 Å². The molecule has 1 rings (SSSR count). The summed E-state index contributed by atoms with van der Waals surface area (Å²) >= 11 is 0. The lowest BCUT2D eigenvalue weighted by Gasteiger charge is -2.09. The first kappa shape index (κ1) is 15.6. The first-order valence-electron chi connectivity index (χ1n) is 7.03. The van der Waals surface area contributed by atoms with E-state index in [0.29, 0.717) is 19.0 Å². The lowest BCUT2D eigenvalue weighted by molar-refractivity contribution is -0.120. The third kappa shape index (κ3) is 6.34.